The van der Waals surface area contributed by atoms with Crippen molar-refractivity contribution in [2.24, 2.45) is 0 Å². The molecule has 0 radical (unpaired) electrons. The number of rotatable bonds is 5. The van der Waals surface area contributed by atoms with Crippen LogP contribution in [0.25, 0.3) is 11.1 Å². The lowest BCUT2D eigenvalue weighted by Gasteiger charge is -2.08. The summed E-state index contributed by atoms with van der Waals surface area (Å²) >= 11 is 0. The van der Waals surface area contributed by atoms with Gasteiger partial charge in [-0.1, -0.05) is 42.5 Å². The van der Waals surface area contributed by atoms with Crippen molar-refractivity contribution in [3.05, 3.63) is 90.0 Å². The Morgan fingerprint density at radius 3 is 1.92 bits per heavy atom. The van der Waals surface area contributed by atoms with Gasteiger partial charge in [0.25, 0.3) is 0 Å². The Hall–Kier alpha value is -2.57. The molecule has 0 unspecified atom stereocenters. The lowest BCUT2D eigenvalue weighted by atomic mass is 10.1. The van der Waals surface area contributed by atoms with Crippen LogP contribution >= 0.6 is 0 Å². The van der Waals surface area contributed by atoms with Crippen LogP contribution < -0.4 is 4.72 Å². The van der Waals surface area contributed by atoms with E-state index in [-0.39, 0.29) is 17.0 Å². The first-order chi connectivity index (χ1) is 11.9. The fraction of sp³-hybridized carbons (Fsp3) is 0.0526. The smallest absolute Gasteiger partial charge is 0.207 e. The normalized spacial score (nSPS) is 11.4. The van der Waals surface area contributed by atoms with E-state index in [1.165, 1.54) is 12.1 Å². The Kier molecular flexibility index (Phi) is 4.92. The first-order valence-electron chi connectivity index (χ1n) is 7.54. The van der Waals surface area contributed by atoms with Crippen LogP contribution in [0.2, 0.25) is 0 Å². The van der Waals surface area contributed by atoms with Crippen molar-refractivity contribution in [3.63, 3.8) is 0 Å². The molecule has 0 saturated carbocycles. The lowest BCUT2D eigenvalue weighted by molar-refractivity contribution is 0.571. The monoisotopic (exact) mass is 359 g/mol. The summed E-state index contributed by atoms with van der Waals surface area (Å²) in [4.78, 5) is 0.0871. The molecule has 0 fully saturated rings. The molecule has 3 aromatic rings. The molecule has 0 saturated heterocycles. The third kappa shape index (κ3) is 4.29. The third-order valence-electron chi connectivity index (χ3n) is 3.66. The van der Waals surface area contributed by atoms with Crippen LogP contribution in [0, 0.1) is 11.6 Å². The standard InChI is InChI=1S/C19H15F2NO2S/c20-17-10-14(11-18(21)12-17)13-22-25(23,24)19-8-6-16(7-9-19)15-4-2-1-3-5-15/h1-12,22H,13H2. The summed E-state index contributed by atoms with van der Waals surface area (Å²) in [6, 6.07) is 18.9. The molecule has 3 nitrogen and oxygen atoms in total. The van der Waals surface area contributed by atoms with Gasteiger partial charge in [0, 0.05) is 12.6 Å². The summed E-state index contributed by atoms with van der Waals surface area (Å²) in [5.41, 5.74) is 2.09. The predicted molar refractivity (Wildman–Crippen MR) is 92.3 cm³/mol. The molecule has 0 heterocycles. The Morgan fingerprint density at radius 2 is 1.32 bits per heavy atom. The largest absolute Gasteiger partial charge is 0.240 e. The molecule has 1 N–H and O–H groups in total. The highest BCUT2D eigenvalue weighted by Gasteiger charge is 2.14. The number of hydrogen-bond donors (Lipinski definition) is 1. The number of halogens is 2. The number of hydrogen-bond acceptors (Lipinski definition) is 2. The lowest BCUT2D eigenvalue weighted by Crippen LogP contribution is -2.23. The van der Waals surface area contributed by atoms with E-state index in [4.69, 9.17) is 0 Å². The van der Waals surface area contributed by atoms with E-state index in [1.54, 1.807) is 12.1 Å². The molecule has 0 spiro atoms. The first kappa shape index (κ1) is 17.3. The van der Waals surface area contributed by atoms with Crippen molar-refractivity contribution in [1.82, 2.24) is 4.72 Å². The fourth-order valence-corrected chi connectivity index (χ4v) is 3.45. The van der Waals surface area contributed by atoms with Crippen molar-refractivity contribution in [2.45, 2.75) is 11.4 Å². The molecule has 3 aromatic carbocycles. The first-order valence-corrected chi connectivity index (χ1v) is 9.02. The van der Waals surface area contributed by atoms with Gasteiger partial charge in [0.05, 0.1) is 4.90 Å². The van der Waals surface area contributed by atoms with Crippen LogP contribution in [0.15, 0.2) is 77.7 Å². The molecular formula is C19H15F2NO2S. The van der Waals surface area contributed by atoms with E-state index in [2.05, 4.69) is 4.72 Å². The van der Waals surface area contributed by atoms with Gasteiger partial charge in [0.1, 0.15) is 11.6 Å². The van der Waals surface area contributed by atoms with E-state index < -0.39 is 21.7 Å². The maximum atomic E-state index is 13.2. The fourth-order valence-electron chi connectivity index (χ4n) is 2.43. The maximum Gasteiger partial charge on any atom is 0.240 e. The molecule has 0 aliphatic heterocycles. The zero-order chi connectivity index (χ0) is 17.9. The quantitative estimate of drug-likeness (QED) is 0.745. The van der Waals surface area contributed by atoms with Crippen molar-refractivity contribution >= 4 is 10.0 Å². The maximum absolute atomic E-state index is 13.2. The zero-order valence-corrected chi connectivity index (χ0v) is 13.9. The highest BCUT2D eigenvalue weighted by Crippen LogP contribution is 2.21. The Balaban J connectivity index is 1.76. The van der Waals surface area contributed by atoms with Crippen LogP contribution in [-0.2, 0) is 16.6 Å². The van der Waals surface area contributed by atoms with E-state index in [0.717, 1.165) is 29.3 Å². The van der Waals surface area contributed by atoms with Gasteiger partial charge in [-0.15, -0.1) is 0 Å². The van der Waals surface area contributed by atoms with Crippen molar-refractivity contribution in [1.29, 1.82) is 0 Å². The van der Waals surface area contributed by atoms with Gasteiger partial charge in [0.2, 0.25) is 10.0 Å². The topological polar surface area (TPSA) is 46.2 Å². The Labute approximate surface area is 145 Å². The van der Waals surface area contributed by atoms with Crippen molar-refractivity contribution < 1.29 is 17.2 Å². The molecule has 6 heteroatoms. The van der Waals surface area contributed by atoms with Gasteiger partial charge in [-0.05, 0) is 41.0 Å². The van der Waals surface area contributed by atoms with Gasteiger partial charge < -0.3 is 0 Å². The molecule has 0 amide bonds. The van der Waals surface area contributed by atoms with Gasteiger partial charge in [-0.25, -0.2) is 21.9 Å². The molecule has 0 aliphatic carbocycles. The van der Waals surface area contributed by atoms with E-state index in [0.29, 0.717) is 0 Å². The molecule has 0 atom stereocenters. The molecular weight excluding hydrogens is 344 g/mol. The molecule has 0 aliphatic rings. The summed E-state index contributed by atoms with van der Waals surface area (Å²) in [5, 5.41) is 0. The summed E-state index contributed by atoms with van der Waals surface area (Å²) in [7, 11) is -3.78. The molecule has 0 aromatic heterocycles. The van der Waals surface area contributed by atoms with E-state index in [1.807, 2.05) is 30.3 Å². The number of sulfonamides is 1. The minimum Gasteiger partial charge on any atom is -0.207 e. The van der Waals surface area contributed by atoms with E-state index >= 15 is 0 Å². The van der Waals surface area contributed by atoms with Crippen molar-refractivity contribution in [2.75, 3.05) is 0 Å². The molecule has 128 valence electrons. The summed E-state index contributed by atoms with van der Waals surface area (Å²) in [6.07, 6.45) is 0. The van der Waals surface area contributed by atoms with Crippen LogP contribution in [0.5, 0.6) is 0 Å². The number of benzene rings is 3. The Morgan fingerprint density at radius 1 is 0.760 bits per heavy atom. The van der Waals surface area contributed by atoms with Gasteiger partial charge in [-0.2, -0.15) is 0 Å². The van der Waals surface area contributed by atoms with Gasteiger partial charge in [-0.3, -0.25) is 0 Å². The highest BCUT2D eigenvalue weighted by molar-refractivity contribution is 7.89. The van der Waals surface area contributed by atoms with Crippen LogP contribution in [-0.4, -0.2) is 8.42 Å². The average molecular weight is 359 g/mol. The predicted octanol–water partition coefficient (Wildman–Crippen LogP) is 4.11. The van der Waals surface area contributed by atoms with Gasteiger partial charge >= 0.3 is 0 Å². The Bertz CT molecular complexity index is 952. The zero-order valence-electron chi connectivity index (χ0n) is 13.1. The second-order valence-electron chi connectivity index (χ2n) is 5.49. The minimum atomic E-state index is -3.78. The van der Waals surface area contributed by atoms with Crippen LogP contribution in [0.3, 0.4) is 0 Å². The highest BCUT2D eigenvalue weighted by atomic mass is 32.2. The molecule has 3 rings (SSSR count). The molecule has 25 heavy (non-hydrogen) atoms. The van der Waals surface area contributed by atoms with Gasteiger partial charge in [0.15, 0.2) is 0 Å². The summed E-state index contributed by atoms with van der Waals surface area (Å²) < 4.78 is 53.3. The molecule has 0 bridgehead atoms. The summed E-state index contributed by atoms with van der Waals surface area (Å²) in [5.74, 6) is -1.50. The van der Waals surface area contributed by atoms with Crippen LogP contribution in [0.4, 0.5) is 8.78 Å². The van der Waals surface area contributed by atoms with Crippen molar-refractivity contribution in [3.8, 4) is 11.1 Å². The second-order valence-corrected chi connectivity index (χ2v) is 7.26. The second kappa shape index (κ2) is 7.13. The average Bonchev–Trinajstić information content (AvgIpc) is 2.60. The SMILES string of the molecule is O=S(=O)(NCc1cc(F)cc(F)c1)c1ccc(-c2ccccc2)cc1. The summed E-state index contributed by atoms with van der Waals surface area (Å²) in [6.45, 7) is -0.197. The third-order valence-corrected chi connectivity index (χ3v) is 5.08. The van der Waals surface area contributed by atoms with E-state index in [9.17, 15) is 17.2 Å². The van der Waals surface area contributed by atoms with Crippen LogP contribution in [0.1, 0.15) is 5.56 Å². The number of nitrogens with one attached hydrogen (secondary N) is 1. The minimum absolute atomic E-state index is 0.0871.